The van der Waals surface area contributed by atoms with Gasteiger partial charge in [0.1, 0.15) is 0 Å². The number of hydrogen-bond donors (Lipinski definition) is 1. The molecule has 2 aromatic heterocycles. The van der Waals surface area contributed by atoms with Crippen molar-refractivity contribution in [2.45, 2.75) is 25.4 Å². The molecule has 0 aliphatic carbocycles. The topological polar surface area (TPSA) is 90.0 Å². The van der Waals surface area contributed by atoms with Gasteiger partial charge in [0.2, 0.25) is 15.8 Å². The Morgan fingerprint density at radius 1 is 1.12 bits per heavy atom. The molecule has 0 saturated carbocycles. The molecular weight excluding hydrogens is 445 g/mol. The van der Waals surface area contributed by atoms with Crippen LogP contribution in [0.2, 0.25) is 0 Å². The van der Waals surface area contributed by atoms with Crippen LogP contribution in [0, 0.1) is 6.92 Å². The molecular formula is C21H19F3N4O3S. The lowest BCUT2D eigenvalue weighted by Crippen LogP contribution is -2.28. The third kappa shape index (κ3) is 4.83. The lowest BCUT2D eigenvalue weighted by molar-refractivity contribution is -0.159. The molecule has 1 N–H and O–H groups in total. The Balaban J connectivity index is 1.52. The van der Waals surface area contributed by atoms with E-state index in [1.54, 1.807) is 42.5 Å². The van der Waals surface area contributed by atoms with Crippen molar-refractivity contribution in [3.05, 3.63) is 71.7 Å². The Bertz CT molecular complexity index is 1350. The molecule has 0 radical (unpaired) electrons. The first kappa shape index (κ1) is 22.0. The number of aromatic nitrogens is 3. The normalized spacial score (nSPS) is 12.5. The summed E-state index contributed by atoms with van der Waals surface area (Å²) in [6.07, 6.45) is -2.86. The number of hydrogen-bond acceptors (Lipinski definition) is 5. The summed E-state index contributed by atoms with van der Waals surface area (Å²) in [5.41, 5.74) is 2.72. The largest absolute Gasteiger partial charge is 0.471 e. The van der Waals surface area contributed by atoms with E-state index in [9.17, 15) is 21.6 Å². The minimum absolute atomic E-state index is 0.122. The Morgan fingerprint density at radius 3 is 2.56 bits per heavy atom. The first-order valence-electron chi connectivity index (χ1n) is 9.64. The van der Waals surface area contributed by atoms with Crippen LogP contribution < -0.4 is 4.72 Å². The summed E-state index contributed by atoms with van der Waals surface area (Å²) < 4.78 is 71.7. The quantitative estimate of drug-likeness (QED) is 0.444. The predicted octanol–water partition coefficient (Wildman–Crippen LogP) is 4.14. The third-order valence-electron chi connectivity index (χ3n) is 4.88. The number of alkyl halides is 3. The minimum atomic E-state index is -4.72. The van der Waals surface area contributed by atoms with Gasteiger partial charge in [-0.2, -0.15) is 18.2 Å². The Hall–Kier alpha value is -3.18. The molecule has 11 heteroatoms. The predicted molar refractivity (Wildman–Crippen MR) is 112 cm³/mol. The molecule has 2 heterocycles. The van der Waals surface area contributed by atoms with E-state index < -0.39 is 22.1 Å². The fourth-order valence-electron chi connectivity index (χ4n) is 3.42. The maximum absolute atomic E-state index is 12.8. The molecule has 0 spiro atoms. The minimum Gasteiger partial charge on any atom is -0.346 e. The molecule has 7 nitrogen and oxygen atoms in total. The zero-order chi connectivity index (χ0) is 22.9. The van der Waals surface area contributed by atoms with Gasteiger partial charge in [0.15, 0.2) is 0 Å². The molecule has 0 saturated heterocycles. The molecule has 0 aliphatic rings. The maximum Gasteiger partial charge on any atom is 0.471 e. The Kier molecular flexibility index (Phi) is 5.78. The van der Waals surface area contributed by atoms with E-state index in [2.05, 4.69) is 19.4 Å². The summed E-state index contributed by atoms with van der Waals surface area (Å²) in [7, 11) is -3.52. The molecule has 0 fully saturated rings. The second-order valence-electron chi connectivity index (χ2n) is 7.30. The van der Waals surface area contributed by atoms with E-state index in [4.69, 9.17) is 0 Å². The van der Waals surface area contributed by atoms with Crippen LogP contribution in [0.15, 0.2) is 59.3 Å². The molecule has 4 aromatic rings. The van der Waals surface area contributed by atoms with Crippen LogP contribution in [-0.2, 0) is 28.5 Å². The van der Waals surface area contributed by atoms with Gasteiger partial charge in [-0.1, -0.05) is 47.6 Å². The average Bonchev–Trinajstić information content (AvgIpc) is 3.34. The van der Waals surface area contributed by atoms with Crippen LogP contribution in [0.1, 0.15) is 17.0 Å². The molecule has 168 valence electrons. The van der Waals surface area contributed by atoms with Crippen molar-refractivity contribution in [1.82, 2.24) is 19.4 Å². The van der Waals surface area contributed by atoms with Gasteiger partial charge in [-0.3, -0.25) is 0 Å². The number of aryl methyl sites for hydroxylation is 1. The zero-order valence-electron chi connectivity index (χ0n) is 16.9. The van der Waals surface area contributed by atoms with Crippen LogP contribution in [-0.4, -0.2) is 29.7 Å². The molecule has 0 bridgehead atoms. The first-order valence-corrected chi connectivity index (χ1v) is 11.3. The van der Waals surface area contributed by atoms with Crippen molar-refractivity contribution in [3.63, 3.8) is 0 Å². The van der Waals surface area contributed by atoms with Gasteiger partial charge in [0.05, 0.1) is 5.75 Å². The smallest absolute Gasteiger partial charge is 0.346 e. The van der Waals surface area contributed by atoms with Gasteiger partial charge >= 0.3 is 12.1 Å². The van der Waals surface area contributed by atoms with Crippen molar-refractivity contribution >= 4 is 20.9 Å². The van der Waals surface area contributed by atoms with E-state index in [-0.39, 0.29) is 18.1 Å². The van der Waals surface area contributed by atoms with E-state index >= 15 is 0 Å². The highest BCUT2D eigenvalue weighted by Crippen LogP contribution is 2.31. The molecule has 2 aromatic carbocycles. The maximum atomic E-state index is 12.8. The average molecular weight is 464 g/mol. The second kappa shape index (κ2) is 8.40. The third-order valence-corrected chi connectivity index (χ3v) is 6.24. The zero-order valence-corrected chi connectivity index (χ0v) is 17.7. The van der Waals surface area contributed by atoms with Crippen LogP contribution in [0.4, 0.5) is 13.2 Å². The van der Waals surface area contributed by atoms with Gasteiger partial charge in [0, 0.05) is 35.8 Å². The number of rotatable bonds is 7. The van der Waals surface area contributed by atoms with Gasteiger partial charge < -0.3 is 9.09 Å². The summed E-state index contributed by atoms with van der Waals surface area (Å²) in [5.74, 6) is -1.71. The molecule has 0 amide bonds. The number of halogens is 3. The van der Waals surface area contributed by atoms with Crippen LogP contribution >= 0.6 is 0 Å². The second-order valence-corrected chi connectivity index (χ2v) is 9.10. The van der Waals surface area contributed by atoms with E-state index in [1.807, 2.05) is 23.8 Å². The Labute approximate surface area is 181 Å². The molecule has 32 heavy (non-hydrogen) atoms. The molecule has 0 atom stereocenters. The highest BCUT2D eigenvalue weighted by molar-refractivity contribution is 7.88. The summed E-state index contributed by atoms with van der Waals surface area (Å²) >= 11 is 0. The lowest BCUT2D eigenvalue weighted by atomic mass is 10.1. The van der Waals surface area contributed by atoms with Crippen molar-refractivity contribution in [1.29, 1.82) is 0 Å². The summed E-state index contributed by atoms with van der Waals surface area (Å²) in [5, 5.41) is 4.31. The Morgan fingerprint density at radius 2 is 1.88 bits per heavy atom. The fraction of sp³-hybridized carbons (Fsp3) is 0.238. The van der Waals surface area contributed by atoms with E-state index in [0.717, 1.165) is 16.5 Å². The lowest BCUT2D eigenvalue weighted by Gasteiger charge is -2.09. The SMILES string of the molecule is Cc1cn(CCNS(=O)(=O)Cc2ccccc2)c2cc(-c3noc(C(F)(F)F)n3)ccc12. The monoisotopic (exact) mass is 464 g/mol. The van der Waals surface area contributed by atoms with Crippen molar-refractivity contribution in [3.8, 4) is 11.4 Å². The van der Waals surface area contributed by atoms with Gasteiger partial charge in [-0.15, -0.1) is 0 Å². The first-order chi connectivity index (χ1) is 15.1. The summed E-state index contributed by atoms with van der Waals surface area (Å²) in [6.45, 7) is 2.39. The van der Waals surface area contributed by atoms with E-state index in [1.165, 1.54) is 0 Å². The van der Waals surface area contributed by atoms with Crippen LogP contribution in [0.3, 0.4) is 0 Å². The standard InChI is InChI=1S/C21H19F3N4O3S/c1-14-12-28(10-9-25-32(29,30)13-15-5-3-2-4-6-15)18-11-16(7-8-17(14)18)19-26-20(31-27-19)21(22,23)24/h2-8,11-12,25H,9-10,13H2,1H3. The van der Waals surface area contributed by atoms with Gasteiger partial charge in [-0.25, -0.2) is 13.1 Å². The van der Waals surface area contributed by atoms with Crippen molar-refractivity contribution in [2.24, 2.45) is 0 Å². The van der Waals surface area contributed by atoms with Crippen LogP contribution in [0.25, 0.3) is 22.3 Å². The summed E-state index contributed by atoms with van der Waals surface area (Å²) in [4.78, 5) is 3.43. The van der Waals surface area contributed by atoms with Gasteiger partial charge in [-0.05, 0) is 24.1 Å². The molecule has 4 rings (SSSR count). The van der Waals surface area contributed by atoms with Crippen molar-refractivity contribution in [2.75, 3.05) is 6.54 Å². The number of fused-ring (bicyclic) bond motifs is 1. The number of benzene rings is 2. The molecule has 0 unspecified atom stereocenters. The highest BCUT2D eigenvalue weighted by atomic mass is 32.2. The van der Waals surface area contributed by atoms with Crippen LogP contribution in [0.5, 0.6) is 0 Å². The highest BCUT2D eigenvalue weighted by Gasteiger charge is 2.38. The van der Waals surface area contributed by atoms with E-state index in [0.29, 0.717) is 17.7 Å². The fourth-order valence-corrected chi connectivity index (χ4v) is 4.56. The summed E-state index contributed by atoms with van der Waals surface area (Å²) in [6, 6.07) is 13.9. The van der Waals surface area contributed by atoms with Gasteiger partial charge in [0.25, 0.3) is 0 Å². The molecule has 0 aliphatic heterocycles. The number of nitrogens with one attached hydrogen (secondary N) is 1. The number of nitrogens with zero attached hydrogens (tertiary/aromatic N) is 3. The van der Waals surface area contributed by atoms with Crippen molar-refractivity contribution < 1.29 is 26.1 Å². The number of sulfonamides is 1.